The van der Waals surface area contributed by atoms with Crippen LogP contribution in [0.25, 0.3) is 11.0 Å². The molecule has 4 rings (SSSR count). The molecule has 2 aliphatic heterocycles. The van der Waals surface area contributed by atoms with Crippen LogP contribution in [0.4, 0.5) is 0 Å². The van der Waals surface area contributed by atoms with Gasteiger partial charge in [0.2, 0.25) is 0 Å². The number of likely N-dealkylation sites (tertiary alicyclic amines) is 1. The number of Topliss-reactive ketones (excluding diaryl/α,β-unsaturated/α-hetero) is 1. The van der Waals surface area contributed by atoms with Crippen LogP contribution in [0.3, 0.4) is 0 Å². The highest BCUT2D eigenvalue weighted by Crippen LogP contribution is 2.30. The predicted octanol–water partition coefficient (Wildman–Crippen LogP) is 1.63. The number of rotatable bonds is 4. The largest absolute Gasteiger partial charge is 0.451 e. The highest BCUT2D eigenvalue weighted by molar-refractivity contribution is 8.00. The summed E-state index contributed by atoms with van der Waals surface area (Å²) in [5.74, 6) is 0.711. The molecular weight excluding hydrogens is 340 g/mol. The van der Waals surface area contributed by atoms with Gasteiger partial charge in [0.05, 0.1) is 17.9 Å². The number of nitrogens with one attached hydrogen (secondary N) is 1. The van der Waals surface area contributed by atoms with Crippen molar-refractivity contribution < 1.29 is 19.1 Å². The number of fused-ring (bicyclic) bond motifs is 1. The van der Waals surface area contributed by atoms with E-state index in [-0.39, 0.29) is 35.3 Å². The Hall–Kier alpha value is -1.83. The third-order valence-corrected chi connectivity index (χ3v) is 6.18. The molecule has 0 spiro atoms. The van der Waals surface area contributed by atoms with Gasteiger partial charge >= 0.3 is 0 Å². The van der Waals surface area contributed by atoms with E-state index in [9.17, 15) is 14.7 Å². The third kappa shape index (κ3) is 2.96. The fourth-order valence-corrected chi connectivity index (χ4v) is 4.86. The van der Waals surface area contributed by atoms with E-state index in [0.29, 0.717) is 24.4 Å². The first-order valence-electron chi connectivity index (χ1n) is 8.48. The number of furan rings is 1. The lowest BCUT2D eigenvalue weighted by atomic mass is 10.0. The Labute approximate surface area is 149 Å². The monoisotopic (exact) mass is 360 g/mol. The first-order valence-corrected chi connectivity index (χ1v) is 9.53. The number of hydrogen-bond donors (Lipinski definition) is 2. The molecule has 25 heavy (non-hydrogen) atoms. The van der Waals surface area contributed by atoms with Crippen molar-refractivity contribution in [1.82, 2.24) is 10.2 Å². The van der Waals surface area contributed by atoms with Gasteiger partial charge in [-0.05, 0) is 25.0 Å². The number of para-hydroxylation sites is 1. The number of nitrogens with zero attached hydrogens (tertiary/aromatic N) is 1. The second-order valence-corrected chi connectivity index (χ2v) is 7.56. The third-order valence-electron chi connectivity index (χ3n) is 4.93. The van der Waals surface area contributed by atoms with Crippen LogP contribution < -0.4 is 5.32 Å². The van der Waals surface area contributed by atoms with E-state index < -0.39 is 6.04 Å². The number of benzene rings is 1. The zero-order valence-corrected chi connectivity index (χ0v) is 14.5. The van der Waals surface area contributed by atoms with Crippen LogP contribution in [0.2, 0.25) is 0 Å². The second-order valence-electron chi connectivity index (χ2n) is 6.43. The Kier molecular flexibility index (Phi) is 4.54. The Bertz CT molecular complexity index is 772. The number of carbonyl (C=O) groups excluding carboxylic acids is 2. The number of amides is 1. The lowest BCUT2D eigenvalue weighted by Crippen LogP contribution is -2.48. The first-order chi connectivity index (χ1) is 12.2. The van der Waals surface area contributed by atoms with Gasteiger partial charge in [0.15, 0.2) is 11.5 Å². The molecule has 3 atom stereocenters. The van der Waals surface area contributed by atoms with Crippen molar-refractivity contribution in [1.29, 1.82) is 0 Å². The van der Waals surface area contributed by atoms with Crippen LogP contribution in [0, 0.1) is 0 Å². The fraction of sp³-hybridized carbons (Fsp3) is 0.444. The highest BCUT2D eigenvalue weighted by Gasteiger charge is 2.42. The van der Waals surface area contributed by atoms with Crippen LogP contribution in [-0.4, -0.2) is 58.1 Å². The fourth-order valence-electron chi connectivity index (χ4n) is 3.63. The van der Waals surface area contributed by atoms with Crippen molar-refractivity contribution in [2.45, 2.75) is 30.2 Å². The molecule has 0 bridgehead atoms. The standard InChI is InChI=1S/C18H20N2O4S/c21-9-12-17(25-10-19-12)16(22)13-5-3-7-20(13)18(23)15-8-11-4-1-2-6-14(11)24-15/h1-2,4,6,8,12-13,17,19,21H,3,5,7,9-10H2/t12-,13+,17?/m1/s1. The predicted molar refractivity (Wildman–Crippen MR) is 95.5 cm³/mol. The lowest BCUT2D eigenvalue weighted by Gasteiger charge is -2.26. The molecule has 2 aromatic rings. The van der Waals surface area contributed by atoms with Crippen molar-refractivity contribution in [2.75, 3.05) is 19.0 Å². The number of thioether (sulfide) groups is 1. The number of aliphatic hydroxyl groups is 1. The maximum absolute atomic E-state index is 12.9. The molecule has 6 nitrogen and oxygen atoms in total. The topological polar surface area (TPSA) is 82.8 Å². The van der Waals surface area contributed by atoms with Crippen molar-refractivity contribution in [3.05, 3.63) is 36.1 Å². The Morgan fingerprint density at radius 3 is 3.00 bits per heavy atom. The molecule has 2 saturated heterocycles. The van der Waals surface area contributed by atoms with E-state index in [1.807, 2.05) is 24.3 Å². The minimum atomic E-state index is -0.438. The lowest BCUT2D eigenvalue weighted by molar-refractivity contribution is -0.122. The average Bonchev–Trinajstić information content (AvgIpc) is 3.38. The number of ketones is 1. The van der Waals surface area contributed by atoms with E-state index in [0.717, 1.165) is 11.8 Å². The van der Waals surface area contributed by atoms with Crippen molar-refractivity contribution in [3.63, 3.8) is 0 Å². The van der Waals surface area contributed by atoms with Crippen LogP contribution in [0.5, 0.6) is 0 Å². The summed E-state index contributed by atoms with van der Waals surface area (Å²) in [5.41, 5.74) is 0.670. The molecule has 7 heteroatoms. The van der Waals surface area contributed by atoms with Gasteiger partial charge in [-0.3, -0.25) is 9.59 Å². The number of aliphatic hydroxyl groups excluding tert-OH is 1. The van der Waals surface area contributed by atoms with E-state index in [1.165, 1.54) is 11.8 Å². The van der Waals surface area contributed by atoms with Gasteiger partial charge in [0, 0.05) is 23.8 Å². The zero-order chi connectivity index (χ0) is 17.4. The summed E-state index contributed by atoms with van der Waals surface area (Å²) in [7, 11) is 0. The minimum absolute atomic E-state index is 0.0241. The van der Waals surface area contributed by atoms with E-state index in [4.69, 9.17) is 4.42 Å². The molecule has 1 aromatic heterocycles. The molecule has 1 amide bonds. The molecule has 0 aliphatic carbocycles. The zero-order valence-electron chi connectivity index (χ0n) is 13.7. The molecule has 132 valence electrons. The molecule has 1 aromatic carbocycles. The van der Waals surface area contributed by atoms with Crippen molar-refractivity contribution in [2.24, 2.45) is 0 Å². The highest BCUT2D eigenvalue weighted by atomic mass is 32.2. The molecule has 1 unspecified atom stereocenters. The summed E-state index contributed by atoms with van der Waals surface area (Å²) < 4.78 is 5.68. The van der Waals surface area contributed by atoms with Gasteiger partial charge < -0.3 is 19.7 Å². The van der Waals surface area contributed by atoms with Gasteiger partial charge in [-0.15, -0.1) is 11.8 Å². The summed E-state index contributed by atoms with van der Waals surface area (Å²) in [4.78, 5) is 27.5. The summed E-state index contributed by atoms with van der Waals surface area (Å²) >= 11 is 1.50. The van der Waals surface area contributed by atoms with Crippen LogP contribution in [0.1, 0.15) is 23.4 Å². The molecule has 2 aliphatic rings. The quantitative estimate of drug-likeness (QED) is 0.862. The van der Waals surface area contributed by atoms with Gasteiger partial charge in [-0.2, -0.15) is 0 Å². The van der Waals surface area contributed by atoms with Gasteiger partial charge in [0.25, 0.3) is 5.91 Å². The van der Waals surface area contributed by atoms with Crippen LogP contribution in [0.15, 0.2) is 34.7 Å². The molecular formula is C18H20N2O4S. The Morgan fingerprint density at radius 1 is 1.36 bits per heavy atom. The summed E-state index contributed by atoms with van der Waals surface area (Å²) in [6.45, 7) is 0.481. The number of hydrogen-bond acceptors (Lipinski definition) is 6. The van der Waals surface area contributed by atoms with E-state index in [2.05, 4.69) is 5.32 Å². The van der Waals surface area contributed by atoms with Crippen LogP contribution >= 0.6 is 11.8 Å². The van der Waals surface area contributed by atoms with Gasteiger partial charge in [-0.25, -0.2) is 0 Å². The average molecular weight is 360 g/mol. The van der Waals surface area contributed by atoms with Gasteiger partial charge in [-0.1, -0.05) is 18.2 Å². The molecule has 2 fully saturated rings. The summed E-state index contributed by atoms with van der Waals surface area (Å²) in [5, 5.41) is 13.1. The van der Waals surface area contributed by atoms with E-state index >= 15 is 0 Å². The molecule has 0 radical (unpaired) electrons. The first kappa shape index (κ1) is 16.6. The Morgan fingerprint density at radius 2 is 2.20 bits per heavy atom. The SMILES string of the molecule is O=C(C1SCN[C@@H]1CO)[C@@H]1CCCN1C(=O)c1cc2ccccc2o1. The minimum Gasteiger partial charge on any atom is -0.451 e. The smallest absolute Gasteiger partial charge is 0.290 e. The Balaban J connectivity index is 1.56. The molecule has 3 heterocycles. The summed E-state index contributed by atoms with van der Waals surface area (Å²) in [6, 6.07) is 8.55. The van der Waals surface area contributed by atoms with Gasteiger partial charge in [0.1, 0.15) is 5.58 Å². The summed E-state index contributed by atoms with van der Waals surface area (Å²) in [6.07, 6.45) is 1.47. The maximum Gasteiger partial charge on any atom is 0.290 e. The molecule has 2 N–H and O–H groups in total. The van der Waals surface area contributed by atoms with E-state index in [1.54, 1.807) is 11.0 Å². The van der Waals surface area contributed by atoms with Crippen molar-refractivity contribution >= 4 is 34.4 Å². The molecule has 0 saturated carbocycles. The maximum atomic E-state index is 12.9. The number of carbonyl (C=O) groups is 2. The second kappa shape index (κ2) is 6.82. The van der Waals surface area contributed by atoms with Crippen molar-refractivity contribution in [3.8, 4) is 0 Å². The van der Waals surface area contributed by atoms with Crippen LogP contribution in [-0.2, 0) is 4.79 Å². The normalized spacial score (nSPS) is 26.4.